The van der Waals surface area contributed by atoms with E-state index in [0.717, 1.165) is 0 Å². The highest BCUT2D eigenvalue weighted by Gasteiger charge is 2.23. The van der Waals surface area contributed by atoms with Crippen LogP contribution >= 0.6 is 0 Å². The van der Waals surface area contributed by atoms with E-state index < -0.39 is 10.0 Å². The Morgan fingerprint density at radius 1 is 1.35 bits per heavy atom. The Morgan fingerprint density at radius 2 is 2.05 bits per heavy atom. The molecular weight excluding hydrogens is 278 g/mol. The molecule has 0 spiro atoms. The van der Waals surface area contributed by atoms with Crippen LogP contribution in [0.1, 0.15) is 18.3 Å². The lowest BCUT2D eigenvalue weighted by Gasteiger charge is -2.16. The lowest BCUT2D eigenvalue weighted by Crippen LogP contribution is -2.26. The SMILES string of the molecule is CCc1ncc(S(=O)(=O)N(C)Cc2ccccc2O)[nH]1. The predicted molar refractivity (Wildman–Crippen MR) is 74.7 cm³/mol. The Balaban J connectivity index is 2.23. The molecule has 2 rings (SSSR count). The quantitative estimate of drug-likeness (QED) is 0.875. The Labute approximate surface area is 118 Å². The Hall–Kier alpha value is -1.86. The molecule has 0 unspecified atom stereocenters. The zero-order valence-corrected chi connectivity index (χ0v) is 12.2. The summed E-state index contributed by atoms with van der Waals surface area (Å²) >= 11 is 0. The molecule has 2 aromatic rings. The molecule has 0 aliphatic heterocycles. The number of phenolic OH excluding ortho intramolecular Hbond substituents is 1. The standard InChI is InChI=1S/C13H17N3O3S/c1-3-12-14-8-13(15-12)20(18,19)16(2)9-10-6-4-5-7-11(10)17/h4-8,17H,3,9H2,1-2H3,(H,14,15). The second-order valence-electron chi connectivity index (χ2n) is 4.44. The first kappa shape index (κ1) is 14.5. The van der Waals surface area contributed by atoms with Crippen LogP contribution in [0.25, 0.3) is 0 Å². The van der Waals surface area contributed by atoms with Gasteiger partial charge < -0.3 is 10.1 Å². The first-order chi connectivity index (χ1) is 9.45. The maximum Gasteiger partial charge on any atom is 0.260 e. The summed E-state index contributed by atoms with van der Waals surface area (Å²) in [4.78, 5) is 6.78. The summed E-state index contributed by atoms with van der Waals surface area (Å²) in [6, 6.07) is 6.66. The van der Waals surface area contributed by atoms with Crippen LogP contribution in [0.4, 0.5) is 0 Å². The largest absolute Gasteiger partial charge is 0.508 e. The van der Waals surface area contributed by atoms with Gasteiger partial charge in [-0.15, -0.1) is 0 Å². The number of imidazole rings is 1. The number of sulfonamides is 1. The van der Waals surface area contributed by atoms with Gasteiger partial charge in [0, 0.05) is 25.6 Å². The number of rotatable bonds is 5. The van der Waals surface area contributed by atoms with Gasteiger partial charge in [0.15, 0.2) is 5.03 Å². The molecule has 0 atom stereocenters. The summed E-state index contributed by atoms with van der Waals surface area (Å²) in [5.74, 6) is 0.702. The number of hydrogen-bond donors (Lipinski definition) is 2. The predicted octanol–water partition coefficient (Wildman–Crippen LogP) is 1.50. The van der Waals surface area contributed by atoms with Crippen LogP contribution in [0, 0.1) is 0 Å². The van der Waals surface area contributed by atoms with E-state index in [1.165, 1.54) is 23.6 Å². The molecule has 0 bridgehead atoms. The average Bonchev–Trinajstić information content (AvgIpc) is 2.90. The number of nitrogens with zero attached hydrogens (tertiary/aromatic N) is 2. The lowest BCUT2D eigenvalue weighted by atomic mass is 10.2. The van der Waals surface area contributed by atoms with Gasteiger partial charge in [-0.2, -0.15) is 4.31 Å². The van der Waals surface area contributed by atoms with Crippen LogP contribution in [0.5, 0.6) is 5.75 Å². The molecule has 1 aromatic carbocycles. The normalized spacial score (nSPS) is 11.9. The van der Waals surface area contributed by atoms with Crippen molar-refractivity contribution in [1.29, 1.82) is 0 Å². The Morgan fingerprint density at radius 3 is 2.65 bits per heavy atom. The molecule has 0 saturated heterocycles. The fraction of sp³-hybridized carbons (Fsp3) is 0.308. The zero-order valence-electron chi connectivity index (χ0n) is 11.4. The van der Waals surface area contributed by atoms with Crippen molar-refractivity contribution in [3.8, 4) is 5.75 Å². The van der Waals surface area contributed by atoms with Crippen LogP contribution in [-0.2, 0) is 23.0 Å². The molecule has 1 aromatic heterocycles. The summed E-state index contributed by atoms with van der Waals surface area (Å²) < 4.78 is 25.9. The highest BCUT2D eigenvalue weighted by molar-refractivity contribution is 7.89. The smallest absolute Gasteiger partial charge is 0.260 e. The van der Waals surface area contributed by atoms with E-state index in [9.17, 15) is 13.5 Å². The van der Waals surface area contributed by atoms with Gasteiger partial charge in [0.2, 0.25) is 0 Å². The van der Waals surface area contributed by atoms with E-state index in [4.69, 9.17) is 0 Å². The van der Waals surface area contributed by atoms with Gasteiger partial charge in [0.05, 0.1) is 6.20 Å². The van der Waals surface area contributed by atoms with Crippen molar-refractivity contribution in [1.82, 2.24) is 14.3 Å². The highest BCUT2D eigenvalue weighted by atomic mass is 32.2. The number of para-hydroxylation sites is 1. The molecule has 1 heterocycles. The molecule has 2 N–H and O–H groups in total. The van der Waals surface area contributed by atoms with Crippen LogP contribution in [0.15, 0.2) is 35.5 Å². The molecule has 7 heteroatoms. The summed E-state index contributed by atoms with van der Waals surface area (Å²) in [6.45, 7) is 1.98. The number of H-pyrrole nitrogens is 1. The van der Waals surface area contributed by atoms with E-state index in [1.54, 1.807) is 18.2 Å². The molecular formula is C13H17N3O3S. The zero-order chi connectivity index (χ0) is 14.8. The number of benzene rings is 1. The van der Waals surface area contributed by atoms with E-state index in [-0.39, 0.29) is 17.3 Å². The van der Waals surface area contributed by atoms with Crippen molar-refractivity contribution >= 4 is 10.0 Å². The first-order valence-electron chi connectivity index (χ1n) is 6.22. The third-order valence-corrected chi connectivity index (χ3v) is 4.73. The molecule has 0 aliphatic rings. The third-order valence-electron chi connectivity index (χ3n) is 3.01. The summed E-state index contributed by atoms with van der Waals surface area (Å²) in [5, 5.41) is 9.76. The van der Waals surface area contributed by atoms with E-state index in [0.29, 0.717) is 17.8 Å². The van der Waals surface area contributed by atoms with Crippen molar-refractivity contribution in [2.45, 2.75) is 24.9 Å². The number of phenols is 1. The Kier molecular flexibility index (Phi) is 4.10. The molecule has 108 valence electrons. The van der Waals surface area contributed by atoms with Gasteiger partial charge in [-0.1, -0.05) is 25.1 Å². The highest BCUT2D eigenvalue weighted by Crippen LogP contribution is 2.20. The molecule has 0 radical (unpaired) electrons. The van der Waals surface area contributed by atoms with Crippen LogP contribution in [-0.4, -0.2) is 34.8 Å². The van der Waals surface area contributed by atoms with Gasteiger partial charge in [0.25, 0.3) is 10.0 Å². The van der Waals surface area contributed by atoms with Crippen molar-refractivity contribution in [3.63, 3.8) is 0 Å². The monoisotopic (exact) mass is 295 g/mol. The number of aromatic hydroxyl groups is 1. The van der Waals surface area contributed by atoms with Crippen molar-refractivity contribution in [2.75, 3.05) is 7.05 Å². The second-order valence-corrected chi connectivity index (χ2v) is 6.45. The topological polar surface area (TPSA) is 86.3 Å². The van der Waals surface area contributed by atoms with Crippen molar-refractivity contribution < 1.29 is 13.5 Å². The maximum absolute atomic E-state index is 12.4. The van der Waals surface area contributed by atoms with Gasteiger partial charge in [0.1, 0.15) is 11.6 Å². The molecule has 0 amide bonds. The fourth-order valence-electron chi connectivity index (χ4n) is 1.79. The van der Waals surface area contributed by atoms with E-state index in [2.05, 4.69) is 9.97 Å². The van der Waals surface area contributed by atoms with Gasteiger partial charge in [-0.25, -0.2) is 13.4 Å². The minimum Gasteiger partial charge on any atom is -0.508 e. The summed E-state index contributed by atoms with van der Waals surface area (Å²) in [5.41, 5.74) is 0.550. The molecule has 20 heavy (non-hydrogen) atoms. The van der Waals surface area contributed by atoms with Crippen LogP contribution in [0.2, 0.25) is 0 Å². The molecule has 6 nitrogen and oxygen atoms in total. The first-order valence-corrected chi connectivity index (χ1v) is 7.66. The number of hydrogen-bond acceptors (Lipinski definition) is 4. The molecule has 0 aliphatic carbocycles. The average molecular weight is 295 g/mol. The summed E-state index contributed by atoms with van der Waals surface area (Å²) in [7, 11) is -2.17. The molecule has 0 saturated carbocycles. The number of aromatic nitrogens is 2. The lowest BCUT2D eigenvalue weighted by molar-refractivity contribution is 0.434. The van der Waals surface area contributed by atoms with E-state index in [1.807, 2.05) is 6.92 Å². The van der Waals surface area contributed by atoms with Gasteiger partial charge in [-0.05, 0) is 6.07 Å². The fourth-order valence-corrected chi connectivity index (χ4v) is 2.87. The van der Waals surface area contributed by atoms with Crippen molar-refractivity contribution in [3.05, 3.63) is 41.9 Å². The van der Waals surface area contributed by atoms with Gasteiger partial charge >= 0.3 is 0 Å². The van der Waals surface area contributed by atoms with Gasteiger partial charge in [-0.3, -0.25) is 0 Å². The second kappa shape index (κ2) is 5.64. The number of aromatic amines is 1. The van der Waals surface area contributed by atoms with Crippen LogP contribution < -0.4 is 0 Å². The van der Waals surface area contributed by atoms with E-state index >= 15 is 0 Å². The minimum absolute atomic E-state index is 0.0623. The number of aryl methyl sites for hydroxylation is 1. The Bertz CT molecular complexity index is 694. The summed E-state index contributed by atoms with van der Waals surface area (Å²) in [6.07, 6.45) is 1.95. The molecule has 0 fully saturated rings. The van der Waals surface area contributed by atoms with Crippen molar-refractivity contribution in [2.24, 2.45) is 0 Å². The number of nitrogens with one attached hydrogen (secondary N) is 1. The third kappa shape index (κ3) is 2.83. The minimum atomic E-state index is -3.64. The van der Waals surface area contributed by atoms with Crippen LogP contribution in [0.3, 0.4) is 0 Å². The maximum atomic E-state index is 12.4.